The second-order valence-electron chi connectivity index (χ2n) is 10.8. The molecule has 0 aliphatic rings. The average molecular weight is 504 g/mol. The molecule has 0 heterocycles. The number of amides is 1. The van der Waals surface area contributed by atoms with E-state index in [2.05, 4.69) is 44.0 Å². The minimum Gasteiger partial charge on any atom is -0.413 e. The number of carbonyl (C=O) groups is 2. The molecule has 0 fully saturated rings. The van der Waals surface area contributed by atoms with Gasteiger partial charge in [-0.15, -0.1) is 0 Å². The number of Topliss-reactive ketones (excluding diaryl/α,β-unsaturated/α-hetero) is 1. The summed E-state index contributed by atoms with van der Waals surface area (Å²) in [6, 6.07) is 12.1. The van der Waals surface area contributed by atoms with Gasteiger partial charge in [-0.1, -0.05) is 50.6 Å². The first-order chi connectivity index (χ1) is 16.7. The maximum absolute atomic E-state index is 13.5. The molecule has 2 aromatic rings. The van der Waals surface area contributed by atoms with Gasteiger partial charge < -0.3 is 9.74 Å². The molecule has 1 amide bonds. The van der Waals surface area contributed by atoms with Gasteiger partial charge >= 0.3 is 0 Å². The lowest BCUT2D eigenvalue weighted by Gasteiger charge is -2.40. The van der Waals surface area contributed by atoms with E-state index in [1.165, 1.54) is 0 Å². The fourth-order valence-electron chi connectivity index (χ4n) is 3.77. The number of nitriles is 1. The monoisotopic (exact) mass is 503 g/mol. The van der Waals surface area contributed by atoms with Gasteiger partial charge in [0.05, 0.1) is 36.8 Å². The van der Waals surface area contributed by atoms with Gasteiger partial charge in [-0.25, -0.2) is 4.85 Å². The van der Waals surface area contributed by atoms with Gasteiger partial charge in [-0.05, 0) is 68.6 Å². The number of hydrogen-bond acceptors (Lipinski definition) is 4. The molecule has 6 nitrogen and oxygen atoms in total. The molecule has 1 N–H and O–H groups in total. The molecule has 0 unspecified atom stereocenters. The molecule has 190 valence electrons. The number of benzene rings is 2. The molecule has 0 radical (unpaired) electrons. The van der Waals surface area contributed by atoms with E-state index >= 15 is 0 Å². The van der Waals surface area contributed by atoms with Gasteiger partial charge in [-0.3, -0.25) is 9.59 Å². The van der Waals surface area contributed by atoms with Crippen molar-refractivity contribution in [1.29, 1.82) is 5.26 Å². The Labute approximate surface area is 216 Å². The zero-order chi connectivity index (χ0) is 27.3. The summed E-state index contributed by atoms with van der Waals surface area (Å²) >= 11 is 0. The zero-order valence-corrected chi connectivity index (χ0v) is 23.7. The first-order valence-electron chi connectivity index (χ1n) is 12.2. The second-order valence-corrected chi connectivity index (χ2v) is 15.6. The van der Waals surface area contributed by atoms with Crippen LogP contribution in [0, 0.1) is 37.7 Å². The second kappa shape index (κ2) is 11.6. The minimum absolute atomic E-state index is 0.0162. The Bertz CT molecular complexity index is 1200. The minimum atomic E-state index is -2.15. The summed E-state index contributed by atoms with van der Waals surface area (Å²) in [5.41, 5.74) is 4.42. The first-order valence-corrected chi connectivity index (χ1v) is 15.1. The van der Waals surface area contributed by atoms with Gasteiger partial charge in [0.2, 0.25) is 5.91 Å². The van der Waals surface area contributed by atoms with Gasteiger partial charge in [0.25, 0.3) is 0 Å². The van der Waals surface area contributed by atoms with Crippen molar-refractivity contribution in [2.45, 2.75) is 72.2 Å². The number of nitrogens with zero attached hydrogens (tertiary/aromatic N) is 2. The molecule has 2 aromatic carbocycles. The zero-order valence-electron chi connectivity index (χ0n) is 22.7. The largest absolute Gasteiger partial charge is 0.413 e. The van der Waals surface area contributed by atoms with Crippen LogP contribution in [0.1, 0.15) is 60.3 Å². The van der Waals surface area contributed by atoms with Gasteiger partial charge in [0.15, 0.2) is 19.8 Å². The highest BCUT2D eigenvalue weighted by Gasteiger charge is 2.41. The Kier molecular flexibility index (Phi) is 9.37. The van der Waals surface area contributed by atoms with Crippen molar-refractivity contribution >= 4 is 25.7 Å². The van der Waals surface area contributed by atoms with E-state index in [1.807, 2.05) is 32.9 Å². The average Bonchev–Trinajstić information content (AvgIpc) is 2.82. The van der Waals surface area contributed by atoms with Gasteiger partial charge in [0.1, 0.15) is 0 Å². The normalized spacial score (nSPS) is 13.3. The number of nitrogens with one attached hydrogen (secondary N) is 1. The van der Waals surface area contributed by atoms with Gasteiger partial charge in [-0.2, -0.15) is 5.26 Å². The highest BCUT2D eigenvalue weighted by molar-refractivity contribution is 6.74. The molecule has 2 atom stereocenters. The predicted octanol–water partition coefficient (Wildman–Crippen LogP) is 6.29. The van der Waals surface area contributed by atoms with E-state index in [0.29, 0.717) is 23.2 Å². The van der Waals surface area contributed by atoms with Crippen LogP contribution in [-0.2, 0) is 15.6 Å². The van der Waals surface area contributed by atoms with Crippen LogP contribution < -0.4 is 5.32 Å². The molecular formula is C29H37N3O3Si. The van der Waals surface area contributed by atoms with Crippen LogP contribution in [0.5, 0.6) is 0 Å². The van der Waals surface area contributed by atoms with Crippen LogP contribution in [0.2, 0.25) is 18.1 Å². The van der Waals surface area contributed by atoms with Crippen LogP contribution in [0.4, 0.5) is 5.69 Å². The van der Waals surface area contributed by atoms with Crippen molar-refractivity contribution in [1.82, 2.24) is 5.32 Å². The highest BCUT2D eigenvalue weighted by atomic mass is 28.4. The highest BCUT2D eigenvalue weighted by Crippen LogP contribution is 2.38. The Hall–Kier alpha value is -3.26. The fraction of sp³-hybridized carbons (Fsp3) is 0.448. The molecule has 2 rings (SSSR count). The third-order valence-electron chi connectivity index (χ3n) is 7.38. The number of carbonyl (C=O) groups excluding carboxylic acids is 2. The first kappa shape index (κ1) is 29.0. The summed E-state index contributed by atoms with van der Waals surface area (Å²) in [4.78, 5) is 29.7. The van der Waals surface area contributed by atoms with E-state index < -0.39 is 14.2 Å². The predicted molar refractivity (Wildman–Crippen MR) is 146 cm³/mol. The molecule has 0 aliphatic carbocycles. The Morgan fingerprint density at radius 3 is 2.25 bits per heavy atom. The van der Waals surface area contributed by atoms with Crippen molar-refractivity contribution in [3.05, 3.63) is 75.6 Å². The molecule has 0 aliphatic heterocycles. The maximum atomic E-state index is 13.5. The van der Waals surface area contributed by atoms with Crippen LogP contribution in [0.15, 0.2) is 36.4 Å². The molecule has 36 heavy (non-hydrogen) atoms. The third kappa shape index (κ3) is 6.91. The fourth-order valence-corrected chi connectivity index (χ4v) is 5.22. The third-order valence-corrected chi connectivity index (χ3v) is 12.0. The molecule has 0 spiro atoms. The van der Waals surface area contributed by atoms with Crippen LogP contribution in [0.3, 0.4) is 0 Å². The Balaban J connectivity index is 2.29. The molecular weight excluding hydrogens is 466 g/mol. The van der Waals surface area contributed by atoms with E-state index in [0.717, 1.165) is 16.7 Å². The lowest BCUT2D eigenvalue weighted by Crippen LogP contribution is -2.48. The van der Waals surface area contributed by atoms with Crippen molar-refractivity contribution < 1.29 is 14.0 Å². The number of hydrogen-bond donors (Lipinski definition) is 1. The molecule has 0 aromatic heterocycles. The maximum Gasteiger partial charge on any atom is 0.226 e. The quantitative estimate of drug-likeness (QED) is 0.247. The molecule has 0 bridgehead atoms. The van der Waals surface area contributed by atoms with Crippen LogP contribution in [-0.4, -0.2) is 32.7 Å². The van der Waals surface area contributed by atoms with Crippen molar-refractivity contribution in [2.24, 2.45) is 5.92 Å². The van der Waals surface area contributed by atoms with E-state index in [4.69, 9.17) is 16.3 Å². The van der Waals surface area contributed by atoms with Crippen molar-refractivity contribution in [2.75, 3.05) is 6.54 Å². The summed E-state index contributed by atoms with van der Waals surface area (Å²) in [5, 5.41) is 11.8. The summed E-state index contributed by atoms with van der Waals surface area (Å²) < 4.78 is 6.60. The van der Waals surface area contributed by atoms with E-state index in [-0.39, 0.29) is 29.4 Å². The summed E-state index contributed by atoms with van der Waals surface area (Å²) in [6.45, 7) is 23.9. The SMILES string of the molecule is [C-]#[N+]c1ccc(C[C@@H](C(=O)NCC(=O)c2ccc(C#N)cc2)[C@@H](C)O[Si](C)(C)C(C)(C)C)c(C)c1C. The van der Waals surface area contributed by atoms with Crippen molar-refractivity contribution in [3.63, 3.8) is 0 Å². The Morgan fingerprint density at radius 2 is 1.72 bits per heavy atom. The van der Waals surface area contributed by atoms with Crippen LogP contribution in [0.25, 0.3) is 4.85 Å². The smallest absolute Gasteiger partial charge is 0.226 e. The van der Waals surface area contributed by atoms with Gasteiger partial charge in [0, 0.05) is 5.56 Å². The molecule has 7 heteroatoms. The van der Waals surface area contributed by atoms with Crippen LogP contribution >= 0.6 is 0 Å². The standard InChI is InChI=1S/C29H37N3O3Si/c1-19-20(2)26(31-7)15-14-24(19)16-25(21(3)35-36(8,9)29(4,5)6)28(34)32-18-27(33)23-12-10-22(17-30)11-13-23/h10-15,21,25H,16,18H2,1-6,8-9H3,(H,32,34)/t21-,25-/m1/s1. The number of rotatable bonds is 9. The topological polar surface area (TPSA) is 83.5 Å². The molecule has 0 saturated carbocycles. The summed E-state index contributed by atoms with van der Waals surface area (Å²) in [5.74, 6) is -0.975. The summed E-state index contributed by atoms with van der Waals surface area (Å²) in [6.07, 6.45) is 0.0774. The van der Waals surface area contributed by atoms with E-state index in [9.17, 15) is 9.59 Å². The van der Waals surface area contributed by atoms with E-state index in [1.54, 1.807) is 30.3 Å². The lowest BCUT2D eigenvalue weighted by molar-refractivity contribution is -0.127. The lowest BCUT2D eigenvalue weighted by atomic mass is 9.89. The Morgan fingerprint density at radius 1 is 1.11 bits per heavy atom. The molecule has 0 saturated heterocycles. The summed E-state index contributed by atoms with van der Waals surface area (Å²) in [7, 11) is -2.15. The van der Waals surface area contributed by atoms with Crippen molar-refractivity contribution in [3.8, 4) is 6.07 Å². The number of ketones is 1.